The Morgan fingerprint density at radius 3 is 2.47 bits per heavy atom. The number of sulfonamides is 1. The molecule has 1 saturated heterocycles. The van der Waals surface area contributed by atoms with Crippen LogP contribution in [0.3, 0.4) is 0 Å². The van der Waals surface area contributed by atoms with Crippen molar-refractivity contribution in [2.24, 2.45) is 0 Å². The van der Waals surface area contributed by atoms with Crippen LogP contribution in [0, 0.1) is 0 Å². The standard InChI is InChI=1S/C10H20ClNO4S/c1-15-7-2-8-16-10-3-5-12(6-4-10)17(13,14)9-11/h10H,2-9H2,1H3. The van der Waals surface area contributed by atoms with Crippen LogP contribution in [-0.4, -0.2) is 57.5 Å². The number of rotatable bonds is 7. The van der Waals surface area contributed by atoms with E-state index in [1.54, 1.807) is 7.11 Å². The summed E-state index contributed by atoms with van der Waals surface area (Å²) in [6.07, 6.45) is 2.51. The van der Waals surface area contributed by atoms with Gasteiger partial charge in [0, 0.05) is 33.4 Å². The Kier molecular flexibility index (Phi) is 6.72. The lowest BCUT2D eigenvalue weighted by molar-refractivity contribution is 0.0121. The molecule has 7 heteroatoms. The maximum absolute atomic E-state index is 11.5. The van der Waals surface area contributed by atoms with Gasteiger partial charge in [0.2, 0.25) is 10.0 Å². The first-order chi connectivity index (χ1) is 8.10. The van der Waals surface area contributed by atoms with E-state index in [2.05, 4.69) is 0 Å². The molecule has 0 spiro atoms. The fourth-order valence-corrected chi connectivity index (χ4v) is 3.12. The van der Waals surface area contributed by atoms with Gasteiger partial charge in [-0.05, 0) is 19.3 Å². The van der Waals surface area contributed by atoms with Gasteiger partial charge < -0.3 is 9.47 Å². The number of ether oxygens (including phenoxy) is 2. The topological polar surface area (TPSA) is 55.8 Å². The first-order valence-electron chi connectivity index (χ1n) is 5.74. The summed E-state index contributed by atoms with van der Waals surface area (Å²) in [5, 5.41) is -0.341. The number of piperidine rings is 1. The van der Waals surface area contributed by atoms with Crippen molar-refractivity contribution in [1.29, 1.82) is 0 Å². The normalized spacial score (nSPS) is 19.6. The Morgan fingerprint density at radius 2 is 1.94 bits per heavy atom. The van der Waals surface area contributed by atoms with E-state index in [-0.39, 0.29) is 11.3 Å². The fourth-order valence-electron chi connectivity index (χ4n) is 1.80. The third kappa shape index (κ3) is 5.09. The highest BCUT2D eigenvalue weighted by Gasteiger charge is 2.27. The van der Waals surface area contributed by atoms with Crippen molar-refractivity contribution in [3.63, 3.8) is 0 Å². The third-order valence-electron chi connectivity index (χ3n) is 2.78. The lowest BCUT2D eigenvalue weighted by Crippen LogP contribution is -2.41. The molecule has 0 bridgehead atoms. The number of alkyl halides is 1. The average molecular weight is 286 g/mol. The van der Waals surface area contributed by atoms with E-state index in [1.165, 1.54) is 4.31 Å². The molecule has 0 atom stereocenters. The van der Waals surface area contributed by atoms with E-state index < -0.39 is 10.0 Å². The van der Waals surface area contributed by atoms with Gasteiger partial charge >= 0.3 is 0 Å². The summed E-state index contributed by atoms with van der Waals surface area (Å²) in [5.41, 5.74) is 0. The maximum Gasteiger partial charge on any atom is 0.228 e. The molecule has 0 unspecified atom stereocenters. The molecule has 1 aliphatic rings. The average Bonchev–Trinajstić information content (AvgIpc) is 2.35. The van der Waals surface area contributed by atoms with Gasteiger partial charge in [-0.15, -0.1) is 11.6 Å². The van der Waals surface area contributed by atoms with Crippen molar-refractivity contribution in [2.75, 3.05) is 38.6 Å². The van der Waals surface area contributed by atoms with Crippen molar-refractivity contribution in [2.45, 2.75) is 25.4 Å². The van der Waals surface area contributed by atoms with Gasteiger partial charge in [0.25, 0.3) is 0 Å². The molecule has 0 saturated carbocycles. The molecule has 17 heavy (non-hydrogen) atoms. The Bertz CT molecular complexity index is 301. The SMILES string of the molecule is COCCCOC1CCN(S(=O)(=O)CCl)CC1. The quantitative estimate of drug-likeness (QED) is 0.518. The summed E-state index contributed by atoms with van der Waals surface area (Å²) in [6.45, 7) is 2.37. The van der Waals surface area contributed by atoms with Crippen LogP contribution in [0.1, 0.15) is 19.3 Å². The molecule has 0 aromatic heterocycles. The first-order valence-corrected chi connectivity index (χ1v) is 7.89. The lowest BCUT2D eigenvalue weighted by Gasteiger charge is -2.30. The van der Waals surface area contributed by atoms with Crippen molar-refractivity contribution >= 4 is 21.6 Å². The lowest BCUT2D eigenvalue weighted by atomic mass is 10.1. The first kappa shape index (κ1) is 15.2. The third-order valence-corrected chi connectivity index (χ3v) is 5.03. The van der Waals surface area contributed by atoms with Gasteiger partial charge in [-0.25, -0.2) is 12.7 Å². The van der Waals surface area contributed by atoms with Gasteiger partial charge in [0.1, 0.15) is 5.21 Å². The van der Waals surface area contributed by atoms with Crippen LogP contribution in [0.2, 0.25) is 0 Å². The minimum Gasteiger partial charge on any atom is -0.385 e. The molecule has 5 nitrogen and oxygen atoms in total. The molecule has 102 valence electrons. The van der Waals surface area contributed by atoms with E-state index in [1.807, 2.05) is 0 Å². The Hall–Kier alpha value is 0.120. The zero-order valence-corrected chi connectivity index (χ0v) is 11.7. The molecular weight excluding hydrogens is 266 g/mol. The second kappa shape index (κ2) is 7.53. The second-order valence-corrected chi connectivity index (χ2v) is 6.59. The summed E-state index contributed by atoms with van der Waals surface area (Å²) in [7, 11) is -1.59. The van der Waals surface area contributed by atoms with E-state index in [4.69, 9.17) is 21.1 Å². The van der Waals surface area contributed by atoms with Crippen LogP contribution in [0.25, 0.3) is 0 Å². The molecule has 0 aliphatic carbocycles. The number of nitrogens with zero attached hydrogens (tertiary/aromatic N) is 1. The summed E-state index contributed by atoms with van der Waals surface area (Å²) >= 11 is 5.41. The fraction of sp³-hybridized carbons (Fsp3) is 1.00. The molecule has 1 aliphatic heterocycles. The van der Waals surface area contributed by atoms with E-state index >= 15 is 0 Å². The Labute approximate surface area is 108 Å². The summed E-state index contributed by atoms with van der Waals surface area (Å²) in [6, 6.07) is 0. The Balaban J connectivity index is 2.22. The Morgan fingerprint density at radius 1 is 1.29 bits per heavy atom. The van der Waals surface area contributed by atoms with E-state index in [9.17, 15) is 8.42 Å². The molecule has 1 fully saturated rings. The van der Waals surface area contributed by atoms with Crippen molar-refractivity contribution in [3.05, 3.63) is 0 Å². The number of hydrogen-bond donors (Lipinski definition) is 0. The summed E-state index contributed by atoms with van der Waals surface area (Å²) in [5.74, 6) is 0. The van der Waals surface area contributed by atoms with Gasteiger partial charge in [-0.2, -0.15) is 0 Å². The van der Waals surface area contributed by atoms with Gasteiger partial charge in [-0.1, -0.05) is 0 Å². The van der Waals surface area contributed by atoms with Crippen molar-refractivity contribution in [1.82, 2.24) is 4.31 Å². The maximum atomic E-state index is 11.5. The molecule has 0 aromatic carbocycles. The predicted octanol–water partition coefficient (Wildman–Crippen LogP) is 1.03. The summed E-state index contributed by atoms with van der Waals surface area (Å²) < 4.78 is 35.0. The van der Waals surface area contributed by atoms with Crippen LogP contribution in [-0.2, 0) is 19.5 Å². The van der Waals surface area contributed by atoms with Crippen LogP contribution in [0.4, 0.5) is 0 Å². The highest BCUT2D eigenvalue weighted by Crippen LogP contribution is 2.17. The summed E-state index contributed by atoms with van der Waals surface area (Å²) in [4.78, 5) is 0. The van der Waals surface area contributed by atoms with Gasteiger partial charge in [0.15, 0.2) is 0 Å². The second-order valence-electron chi connectivity index (χ2n) is 4.04. The number of hydrogen-bond acceptors (Lipinski definition) is 4. The smallest absolute Gasteiger partial charge is 0.228 e. The minimum atomic E-state index is -3.25. The molecule has 0 amide bonds. The van der Waals surface area contributed by atoms with Crippen LogP contribution in [0.5, 0.6) is 0 Å². The highest BCUT2D eigenvalue weighted by molar-refractivity contribution is 7.90. The number of halogens is 1. The van der Waals surface area contributed by atoms with Gasteiger partial charge in [0.05, 0.1) is 6.10 Å². The molecule has 1 heterocycles. The van der Waals surface area contributed by atoms with Crippen LogP contribution < -0.4 is 0 Å². The van der Waals surface area contributed by atoms with Crippen molar-refractivity contribution in [3.8, 4) is 0 Å². The molecule has 1 rings (SSSR count). The van der Waals surface area contributed by atoms with E-state index in [0.717, 1.165) is 19.3 Å². The zero-order valence-electron chi connectivity index (χ0n) is 10.1. The molecular formula is C10H20ClNO4S. The predicted molar refractivity (Wildman–Crippen MR) is 66.7 cm³/mol. The van der Waals surface area contributed by atoms with Gasteiger partial charge in [-0.3, -0.25) is 0 Å². The highest BCUT2D eigenvalue weighted by atomic mass is 35.5. The van der Waals surface area contributed by atoms with Crippen LogP contribution in [0.15, 0.2) is 0 Å². The largest absolute Gasteiger partial charge is 0.385 e. The minimum absolute atomic E-state index is 0.161. The number of methoxy groups -OCH3 is 1. The zero-order chi connectivity index (χ0) is 12.7. The van der Waals surface area contributed by atoms with Crippen molar-refractivity contribution < 1.29 is 17.9 Å². The molecule has 0 aromatic rings. The monoisotopic (exact) mass is 285 g/mol. The van der Waals surface area contributed by atoms with Crippen LogP contribution >= 0.6 is 11.6 Å². The molecule has 0 radical (unpaired) electrons. The van der Waals surface area contributed by atoms with E-state index in [0.29, 0.717) is 26.3 Å². The molecule has 0 N–H and O–H groups in total.